The number of ether oxygens (including phenoxy) is 1. The van der Waals surface area contributed by atoms with Crippen molar-refractivity contribution in [3.8, 4) is 5.75 Å². The van der Waals surface area contributed by atoms with Gasteiger partial charge in [0.25, 0.3) is 0 Å². The molecular formula is C13H17NO4S. The van der Waals surface area contributed by atoms with Gasteiger partial charge < -0.3 is 10.5 Å². The van der Waals surface area contributed by atoms with Gasteiger partial charge in [-0.2, -0.15) is 0 Å². The van der Waals surface area contributed by atoms with Crippen molar-refractivity contribution >= 4 is 15.7 Å². The first-order valence-corrected chi connectivity index (χ1v) is 7.59. The quantitative estimate of drug-likeness (QED) is 0.881. The zero-order chi connectivity index (χ0) is 14.3. The first kappa shape index (κ1) is 13.9. The fraction of sp³-hybridized carbons (Fsp3) is 0.462. The van der Waals surface area contributed by atoms with Crippen LogP contribution in [-0.4, -0.2) is 25.2 Å². The van der Waals surface area contributed by atoms with Crippen LogP contribution in [-0.2, 0) is 14.6 Å². The number of hydrogen-bond donors (Lipinski definition) is 1. The Balaban J connectivity index is 2.30. The van der Waals surface area contributed by atoms with Gasteiger partial charge in [0.1, 0.15) is 5.75 Å². The van der Waals surface area contributed by atoms with Gasteiger partial charge in [-0.15, -0.1) is 0 Å². The zero-order valence-electron chi connectivity index (χ0n) is 10.9. The van der Waals surface area contributed by atoms with Crippen LogP contribution in [0.3, 0.4) is 0 Å². The summed E-state index contributed by atoms with van der Waals surface area (Å²) in [5.41, 5.74) is 5.21. The van der Waals surface area contributed by atoms with Crippen LogP contribution in [0.15, 0.2) is 29.2 Å². The second-order valence-electron chi connectivity index (χ2n) is 5.00. The third kappa shape index (κ3) is 2.32. The Hall–Kier alpha value is -1.56. The van der Waals surface area contributed by atoms with E-state index in [1.165, 1.54) is 12.1 Å². The smallest absolute Gasteiger partial charge is 0.239 e. The van der Waals surface area contributed by atoms with Gasteiger partial charge in [-0.25, -0.2) is 8.42 Å². The zero-order valence-corrected chi connectivity index (χ0v) is 11.7. The SMILES string of the molecule is CC(C)Oc1ccc(S(=O)(=O)C2(C(N)=O)CC2)cc1. The fourth-order valence-corrected chi connectivity index (χ4v) is 3.81. The highest BCUT2D eigenvalue weighted by Crippen LogP contribution is 2.46. The Morgan fingerprint density at radius 1 is 1.26 bits per heavy atom. The van der Waals surface area contributed by atoms with Crippen LogP contribution in [0, 0.1) is 0 Å². The maximum atomic E-state index is 12.3. The molecular weight excluding hydrogens is 266 g/mol. The second-order valence-corrected chi connectivity index (χ2v) is 7.26. The van der Waals surface area contributed by atoms with Gasteiger partial charge in [0.05, 0.1) is 11.0 Å². The lowest BCUT2D eigenvalue weighted by Gasteiger charge is -2.14. The van der Waals surface area contributed by atoms with E-state index in [0.717, 1.165) is 0 Å². The number of carbonyl (C=O) groups is 1. The van der Waals surface area contributed by atoms with E-state index in [2.05, 4.69) is 0 Å². The number of rotatable bonds is 5. The molecule has 0 spiro atoms. The van der Waals surface area contributed by atoms with Crippen LogP contribution < -0.4 is 10.5 Å². The summed E-state index contributed by atoms with van der Waals surface area (Å²) in [7, 11) is -3.70. The average Bonchev–Trinajstić information content (AvgIpc) is 3.10. The number of nitrogens with two attached hydrogens (primary N) is 1. The van der Waals surface area contributed by atoms with Gasteiger partial charge >= 0.3 is 0 Å². The molecule has 0 radical (unpaired) electrons. The molecule has 0 saturated heterocycles. The third-order valence-electron chi connectivity index (χ3n) is 3.17. The minimum Gasteiger partial charge on any atom is -0.491 e. The summed E-state index contributed by atoms with van der Waals surface area (Å²) in [6.07, 6.45) is 0.618. The highest BCUT2D eigenvalue weighted by Gasteiger charge is 2.60. The van der Waals surface area contributed by atoms with Crippen molar-refractivity contribution < 1.29 is 17.9 Å². The maximum Gasteiger partial charge on any atom is 0.239 e. The van der Waals surface area contributed by atoms with Gasteiger partial charge in [0.2, 0.25) is 5.91 Å². The van der Waals surface area contributed by atoms with Crippen molar-refractivity contribution in [2.24, 2.45) is 5.73 Å². The first-order valence-electron chi connectivity index (χ1n) is 6.11. The molecule has 104 valence electrons. The van der Waals surface area contributed by atoms with Crippen LogP contribution in [0.5, 0.6) is 5.75 Å². The molecule has 2 rings (SSSR count). The predicted octanol–water partition coefficient (Wildman–Crippen LogP) is 1.27. The van der Waals surface area contributed by atoms with Crippen molar-refractivity contribution in [3.63, 3.8) is 0 Å². The van der Waals surface area contributed by atoms with E-state index in [1.54, 1.807) is 12.1 Å². The molecule has 0 aromatic heterocycles. The first-order chi connectivity index (χ1) is 8.79. The summed E-state index contributed by atoms with van der Waals surface area (Å²) in [5.74, 6) is -0.173. The van der Waals surface area contributed by atoms with Crippen molar-refractivity contribution in [1.29, 1.82) is 0 Å². The second kappa shape index (κ2) is 4.52. The molecule has 0 atom stereocenters. The molecule has 1 aromatic carbocycles. The minimum atomic E-state index is -3.70. The van der Waals surface area contributed by atoms with Crippen molar-refractivity contribution in [3.05, 3.63) is 24.3 Å². The number of benzene rings is 1. The van der Waals surface area contributed by atoms with Crippen LogP contribution >= 0.6 is 0 Å². The van der Waals surface area contributed by atoms with Crippen molar-refractivity contribution in [2.75, 3.05) is 0 Å². The Morgan fingerprint density at radius 3 is 2.16 bits per heavy atom. The molecule has 19 heavy (non-hydrogen) atoms. The number of sulfone groups is 1. The number of primary amides is 1. The summed E-state index contributed by atoms with van der Waals surface area (Å²) in [4.78, 5) is 11.4. The number of carbonyl (C=O) groups excluding carboxylic acids is 1. The molecule has 1 aliphatic carbocycles. The largest absolute Gasteiger partial charge is 0.491 e. The van der Waals surface area contributed by atoms with Crippen LogP contribution in [0.25, 0.3) is 0 Å². The molecule has 1 aliphatic rings. The average molecular weight is 283 g/mol. The van der Waals surface area contributed by atoms with Crippen LogP contribution in [0.4, 0.5) is 0 Å². The normalized spacial score (nSPS) is 17.2. The lowest BCUT2D eigenvalue weighted by atomic mass is 10.3. The van der Waals surface area contributed by atoms with Gasteiger partial charge in [0, 0.05) is 0 Å². The summed E-state index contributed by atoms with van der Waals surface area (Å²) < 4.78 is 28.7. The highest BCUT2D eigenvalue weighted by molar-refractivity contribution is 7.94. The Labute approximate surface area is 112 Å². The lowest BCUT2D eigenvalue weighted by molar-refractivity contribution is -0.118. The summed E-state index contributed by atoms with van der Waals surface area (Å²) in [6.45, 7) is 3.77. The predicted molar refractivity (Wildman–Crippen MR) is 70.6 cm³/mol. The van der Waals surface area contributed by atoms with E-state index in [-0.39, 0.29) is 11.0 Å². The molecule has 6 heteroatoms. The van der Waals surface area contributed by atoms with E-state index >= 15 is 0 Å². The Morgan fingerprint density at radius 2 is 1.79 bits per heavy atom. The molecule has 1 fully saturated rings. The molecule has 1 aromatic rings. The molecule has 0 aliphatic heterocycles. The third-order valence-corrected chi connectivity index (χ3v) is 5.70. The van der Waals surface area contributed by atoms with Gasteiger partial charge in [0.15, 0.2) is 14.6 Å². The Kier molecular flexibility index (Phi) is 3.30. The van der Waals surface area contributed by atoms with Crippen LogP contribution in [0.2, 0.25) is 0 Å². The van der Waals surface area contributed by atoms with Gasteiger partial charge in [-0.1, -0.05) is 0 Å². The number of amides is 1. The summed E-state index contributed by atoms with van der Waals surface area (Å²) in [6, 6.07) is 6.08. The van der Waals surface area contributed by atoms with E-state index in [4.69, 9.17) is 10.5 Å². The fourth-order valence-electron chi connectivity index (χ4n) is 1.96. The topological polar surface area (TPSA) is 86.5 Å². The molecule has 2 N–H and O–H groups in total. The monoisotopic (exact) mass is 283 g/mol. The maximum absolute atomic E-state index is 12.3. The summed E-state index contributed by atoms with van der Waals surface area (Å²) in [5, 5.41) is 0. The Bertz CT molecular complexity index is 586. The van der Waals surface area contributed by atoms with Gasteiger partial charge in [-0.3, -0.25) is 4.79 Å². The van der Waals surface area contributed by atoms with Crippen LogP contribution in [0.1, 0.15) is 26.7 Å². The molecule has 5 nitrogen and oxygen atoms in total. The lowest BCUT2D eigenvalue weighted by Crippen LogP contribution is -2.38. The minimum absolute atomic E-state index is 0.0165. The summed E-state index contributed by atoms with van der Waals surface area (Å²) >= 11 is 0. The standard InChI is InChI=1S/C13H17NO4S/c1-9(2)18-10-3-5-11(6-4-10)19(16,17)13(7-8-13)12(14)15/h3-6,9H,7-8H2,1-2H3,(H2,14,15). The van der Waals surface area contributed by atoms with E-state index in [0.29, 0.717) is 18.6 Å². The molecule has 1 saturated carbocycles. The number of hydrogen-bond acceptors (Lipinski definition) is 4. The highest BCUT2D eigenvalue weighted by atomic mass is 32.2. The molecule has 0 unspecified atom stereocenters. The van der Waals surface area contributed by atoms with Crippen molar-refractivity contribution in [1.82, 2.24) is 0 Å². The molecule has 0 bridgehead atoms. The molecule has 0 heterocycles. The van der Waals surface area contributed by atoms with E-state index in [1.807, 2.05) is 13.8 Å². The molecule has 1 amide bonds. The van der Waals surface area contributed by atoms with Crippen molar-refractivity contribution in [2.45, 2.75) is 42.4 Å². The van der Waals surface area contributed by atoms with E-state index < -0.39 is 20.5 Å². The van der Waals surface area contributed by atoms with E-state index in [9.17, 15) is 13.2 Å². The van der Waals surface area contributed by atoms with Gasteiger partial charge in [-0.05, 0) is 51.0 Å².